The van der Waals surface area contributed by atoms with Crippen molar-refractivity contribution in [1.29, 1.82) is 0 Å². The van der Waals surface area contributed by atoms with E-state index in [0.29, 0.717) is 23.9 Å². The van der Waals surface area contributed by atoms with Crippen LogP contribution in [0, 0.1) is 23.2 Å². The molecule has 4 aliphatic carbocycles. The van der Waals surface area contributed by atoms with Gasteiger partial charge < -0.3 is 11.1 Å². The van der Waals surface area contributed by atoms with Gasteiger partial charge in [0, 0.05) is 23.0 Å². The summed E-state index contributed by atoms with van der Waals surface area (Å²) in [5.74, 6) is 1.98. The van der Waals surface area contributed by atoms with Crippen molar-refractivity contribution in [1.82, 2.24) is 10.2 Å². The maximum absolute atomic E-state index is 12.1. The van der Waals surface area contributed by atoms with Gasteiger partial charge in [-0.2, -0.15) is 0 Å². The van der Waals surface area contributed by atoms with Crippen molar-refractivity contribution < 1.29 is 4.79 Å². The summed E-state index contributed by atoms with van der Waals surface area (Å²) in [6, 6.07) is 0.998. The van der Waals surface area contributed by atoms with Crippen LogP contribution in [0.5, 0.6) is 0 Å². The van der Waals surface area contributed by atoms with Crippen molar-refractivity contribution in [2.24, 2.45) is 28.9 Å². The molecule has 0 aliphatic heterocycles. The number of nitrogens with one attached hydrogen (secondary N) is 1. The van der Waals surface area contributed by atoms with Gasteiger partial charge >= 0.3 is 0 Å². The van der Waals surface area contributed by atoms with Gasteiger partial charge in [0.05, 0.1) is 0 Å². The van der Waals surface area contributed by atoms with E-state index in [2.05, 4.69) is 45.0 Å². The minimum atomic E-state index is -0.173. The third-order valence-electron chi connectivity index (χ3n) is 7.76. The van der Waals surface area contributed by atoms with Gasteiger partial charge in [-0.05, 0) is 84.2 Å². The molecule has 23 heavy (non-hydrogen) atoms. The van der Waals surface area contributed by atoms with Crippen LogP contribution < -0.4 is 11.1 Å². The van der Waals surface area contributed by atoms with Crippen LogP contribution in [0.4, 0.5) is 0 Å². The Morgan fingerprint density at radius 3 is 2.35 bits per heavy atom. The molecule has 0 radical (unpaired) electrons. The fourth-order valence-electron chi connectivity index (χ4n) is 5.83. The molecule has 0 spiro atoms. The van der Waals surface area contributed by atoms with Gasteiger partial charge in [-0.1, -0.05) is 6.92 Å². The van der Waals surface area contributed by atoms with E-state index in [1.807, 2.05) is 0 Å². The van der Waals surface area contributed by atoms with Gasteiger partial charge in [-0.3, -0.25) is 9.69 Å². The second-order valence-electron chi connectivity index (χ2n) is 9.20. The summed E-state index contributed by atoms with van der Waals surface area (Å²) in [5.41, 5.74) is 5.76. The third-order valence-corrected chi connectivity index (χ3v) is 7.76. The van der Waals surface area contributed by atoms with Crippen LogP contribution >= 0.6 is 0 Å². The number of hydrogen-bond donors (Lipinski definition) is 2. The first-order valence-corrected chi connectivity index (χ1v) is 9.47. The molecule has 132 valence electrons. The Bertz CT molecular complexity index is 459. The fourth-order valence-corrected chi connectivity index (χ4v) is 5.83. The van der Waals surface area contributed by atoms with E-state index in [4.69, 9.17) is 5.73 Å². The molecule has 1 amide bonds. The lowest BCUT2D eigenvalue weighted by Crippen LogP contribution is -2.65. The lowest BCUT2D eigenvalue weighted by atomic mass is 9.47. The zero-order chi connectivity index (χ0) is 17.0. The standard InChI is InChI=1S/C19H35N3O/c1-6-22(5)18(3,4)12(2)21-16-14-7-13-8-15(16)11-19(9-13,10-14)17(20)23/h12-16,21H,6-11H2,1-5H3,(H2,20,23). The van der Waals surface area contributed by atoms with Gasteiger partial charge in [-0.15, -0.1) is 0 Å². The normalized spacial score (nSPS) is 40.6. The van der Waals surface area contributed by atoms with E-state index in [1.54, 1.807) is 0 Å². The first-order chi connectivity index (χ1) is 10.7. The van der Waals surface area contributed by atoms with Gasteiger partial charge in [0.15, 0.2) is 0 Å². The number of primary amides is 1. The van der Waals surface area contributed by atoms with Crippen LogP contribution in [0.15, 0.2) is 0 Å². The summed E-state index contributed by atoms with van der Waals surface area (Å²) < 4.78 is 0. The smallest absolute Gasteiger partial charge is 0.223 e. The highest BCUT2D eigenvalue weighted by Gasteiger charge is 2.58. The van der Waals surface area contributed by atoms with Gasteiger partial charge in [0.25, 0.3) is 0 Å². The quantitative estimate of drug-likeness (QED) is 0.789. The van der Waals surface area contributed by atoms with Crippen LogP contribution in [-0.2, 0) is 4.79 Å². The number of amides is 1. The van der Waals surface area contributed by atoms with E-state index >= 15 is 0 Å². The minimum absolute atomic E-state index is 0.0329. The lowest BCUT2D eigenvalue weighted by molar-refractivity contribution is -0.146. The Morgan fingerprint density at radius 2 is 1.87 bits per heavy atom. The number of nitrogens with two attached hydrogens (primary N) is 1. The molecule has 4 fully saturated rings. The predicted molar refractivity (Wildman–Crippen MR) is 94.0 cm³/mol. The Morgan fingerprint density at radius 1 is 1.30 bits per heavy atom. The van der Waals surface area contributed by atoms with Crippen LogP contribution in [-0.4, -0.2) is 42.0 Å². The number of carbonyl (C=O) groups excluding carboxylic acids is 1. The van der Waals surface area contributed by atoms with Gasteiger partial charge in [-0.25, -0.2) is 0 Å². The third kappa shape index (κ3) is 2.72. The molecule has 4 rings (SSSR count). The van der Waals surface area contributed by atoms with E-state index in [9.17, 15) is 4.79 Å². The van der Waals surface area contributed by atoms with Crippen molar-refractivity contribution in [2.75, 3.05) is 13.6 Å². The highest BCUT2D eigenvalue weighted by molar-refractivity contribution is 5.81. The minimum Gasteiger partial charge on any atom is -0.369 e. The van der Waals surface area contributed by atoms with E-state index in [-0.39, 0.29) is 16.9 Å². The SMILES string of the molecule is CCN(C)C(C)(C)C(C)NC1C2CC3CC1CC(C(N)=O)(C3)C2. The summed E-state index contributed by atoms with van der Waals surface area (Å²) >= 11 is 0. The van der Waals surface area contributed by atoms with Crippen LogP contribution in [0.3, 0.4) is 0 Å². The predicted octanol–water partition coefficient (Wildman–Crippen LogP) is 2.38. The molecular weight excluding hydrogens is 286 g/mol. The summed E-state index contributed by atoms with van der Waals surface area (Å²) in [4.78, 5) is 14.5. The largest absolute Gasteiger partial charge is 0.369 e. The second-order valence-corrected chi connectivity index (χ2v) is 9.20. The first kappa shape index (κ1) is 17.2. The average molecular weight is 322 g/mol. The second kappa shape index (κ2) is 5.73. The fraction of sp³-hybridized carbons (Fsp3) is 0.947. The van der Waals surface area contributed by atoms with Gasteiger partial charge in [0.1, 0.15) is 0 Å². The maximum atomic E-state index is 12.1. The Kier molecular flexibility index (Phi) is 4.29. The molecule has 4 heteroatoms. The zero-order valence-electron chi connectivity index (χ0n) is 15.6. The maximum Gasteiger partial charge on any atom is 0.223 e. The van der Waals surface area contributed by atoms with Crippen molar-refractivity contribution in [3.63, 3.8) is 0 Å². The average Bonchev–Trinajstić information content (AvgIpc) is 2.48. The van der Waals surface area contributed by atoms with Crippen molar-refractivity contribution in [3.8, 4) is 0 Å². The molecule has 4 saturated carbocycles. The number of rotatable bonds is 6. The zero-order valence-corrected chi connectivity index (χ0v) is 15.6. The molecule has 3 N–H and O–H groups in total. The van der Waals surface area contributed by atoms with Crippen LogP contribution in [0.1, 0.15) is 59.8 Å². The number of hydrogen-bond acceptors (Lipinski definition) is 3. The molecule has 4 aliphatic rings. The summed E-state index contributed by atoms with van der Waals surface area (Å²) in [7, 11) is 2.21. The number of nitrogens with zero attached hydrogens (tertiary/aromatic N) is 1. The highest BCUT2D eigenvalue weighted by atomic mass is 16.1. The summed E-state index contributed by atoms with van der Waals surface area (Å²) in [6.07, 6.45) is 5.68. The summed E-state index contributed by atoms with van der Waals surface area (Å²) in [5, 5.41) is 3.98. The molecule has 4 bridgehead atoms. The monoisotopic (exact) mass is 321 g/mol. The van der Waals surface area contributed by atoms with Crippen molar-refractivity contribution in [2.45, 2.75) is 77.4 Å². The topological polar surface area (TPSA) is 58.4 Å². The molecule has 4 nitrogen and oxygen atoms in total. The molecule has 0 heterocycles. The van der Waals surface area contributed by atoms with Gasteiger partial charge in [0.2, 0.25) is 5.91 Å². The van der Waals surface area contributed by atoms with Crippen LogP contribution in [0.25, 0.3) is 0 Å². The Hall–Kier alpha value is -0.610. The first-order valence-electron chi connectivity index (χ1n) is 9.47. The lowest BCUT2D eigenvalue weighted by Gasteiger charge is -2.60. The molecule has 0 aromatic rings. The van der Waals surface area contributed by atoms with E-state index < -0.39 is 0 Å². The van der Waals surface area contributed by atoms with Crippen molar-refractivity contribution >= 4 is 5.91 Å². The highest BCUT2D eigenvalue weighted by Crippen LogP contribution is 2.60. The Balaban J connectivity index is 1.73. The molecule has 0 saturated heterocycles. The number of carbonyl (C=O) groups is 1. The van der Waals surface area contributed by atoms with Crippen LogP contribution in [0.2, 0.25) is 0 Å². The molecule has 0 aromatic carbocycles. The molecule has 0 aromatic heterocycles. The molecule has 3 unspecified atom stereocenters. The van der Waals surface area contributed by atoms with Crippen molar-refractivity contribution in [3.05, 3.63) is 0 Å². The molecule has 3 atom stereocenters. The number of likely N-dealkylation sites (N-methyl/N-ethyl adjacent to an activating group) is 1. The summed E-state index contributed by atoms with van der Waals surface area (Å²) in [6.45, 7) is 10.3. The Labute approximate surface area is 141 Å². The molecular formula is C19H35N3O. The van der Waals surface area contributed by atoms with E-state index in [1.165, 1.54) is 12.8 Å². The van der Waals surface area contributed by atoms with E-state index in [0.717, 1.165) is 31.7 Å².